The minimum Gasteiger partial charge on any atom is -0.496 e. The van der Waals surface area contributed by atoms with E-state index < -0.39 is 5.41 Å². The molecule has 0 atom stereocenters. The van der Waals surface area contributed by atoms with E-state index in [1.165, 1.54) is 18.7 Å². The molecule has 4 heteroatoms. The molecule has 0 amide bonds. The zero-order valence-corrected chi connectivity index (χ0v) is 13.8. The third-order valence-electron chi connectivity index (χ3n) is 4.85. The van der Waals surface area contributed by atoms with E-state index in [4.69, 9.17) is 4.74 Å². The zero-order valence-electron chi connectivity index (χ0n) is 13.8. The molecule has 2 aromatic carbocycles. The van der Waals surface area contributed by atoms with Crippen molar-refractivity contribution in [1.82, 2.24) is 4.90 Å². The van der Waals surface area contributed by atoms with Crippen molar-refractivity contribution in [2.75, 3.05) is 20.2 Å². The third kappa shape index (κ3) is 3.13. The molecule has 0 aliphatic carbocycles. The molecule has 0 spiro atoms. The van der Waals surface area contributed by atoms with Crippen LogP contribution in [0.2, 0.25) is 0 Å². The highest BCUT2D eigenvalue weighted by atomic mass is 19.1. The van der Waals surface area contributed by atoms with E-state index in [1.54, 1.807) is 12.1 Å². The van der Waals surface area contributed by atoms with Gasteiger partial charge >= 0.3 is 0 Å². The van der Waals surface area contributed by atoms with Crippen LogP contribution >= 0.6 is 0 Å². The van der Waals surface area contributed by atoms with Crippen LogP contribution < -0.4 is 4.74 Å². The molecule has 1 fully saturated rings. The smallest absolute Gasteiger partial charge is 0.131 e. The van der Waals surface area contributed by atoms with E-state index in [1.807, 2.05) is 18.2 Å². The molecule has 0 N–H and O–H groups in total. The van der Waals surface area contributed by atoms with Crippen LogP contribution in [0.4, 0.5) is 4.39 Å². The molecular weight excluding hydrogens is 303 g/mol. The molecule has 3 nitrogen and oxygen atoms in total. The summed E-state index contributed by atoms with van der Waals surface area (Å²) >= 11 is 0. The number of ether oxygens (including phenoxy) is 1. The van der Waals surface area contributed by atoms with E-state index >= 15 is 0 Å². The Morgan fingerprint density at radius 2 is 1.83 bits per heavy atom. The van der Waals surface area contributed by atoms with E-state index in [0.29, 0.717) is 24.2 Å². The van der Waals surface area contributed by atoms with E-state index in [-0.39, 0.29) is 5.82 Å². The predicted octanol–water partition coefficient (Wildman–Crippen LogP) is 3.89. The summed E-state index contributed by atoms with van der Waals surface area (Å²) in [6.45, 7) is 2.39. The molecule has 1 saturated heterocycles. The second-order valence-electron chi connectivity index (χ2n) is 6.27. The Morgan fingerprint density at radius 1 is 1.12 bits per heavy atom. The monoisotopic (exact) mass is 324 g/mol. The van der Waals surface area contributed by atoms with E-state index in [0.717, 1.165) is 19.6 Å². The SMILES string of the molecule is COc1cccc(F)c1C1(C#N)CCN(Cc2ccccc2)CC1. The van der Waals surface area contributed by atoms with Crippen molar-refractivity contribution in [2.24, 2.45) is 0 Å². The fourth-order valence-electron chi connectivity index (χ4n) is 3.49. The molecule has 3 rings (SSSR count). The first kappa shape index (κ1) is 16.5. The van der Waals surface area contributed by atoms with Gasteiger partial charge in [0.1, 0.15) is 11.6 Å². The molecule has 24 heavy (non-hydrogen) atoms. The van der Waals surface area contributed by atoms with Crippen molar-refractivity contribution >= 4 is 0 Å². The number of methoxy groups -OCH3 is 1. The van der Waals surface area contributed by atoms with Gasteiger partial charge in [-0.15, -0.1) is 0 Å². The molecule has 124 valence electrons. The number of likely N-dealkylation sites (tertiary alicyclic amines) is 1. The maximum atomic E-state index is 14.5. The lowest BCUT2D eigenvalue weighted by atomic mass is 9.73. The molecule has 0 bridgehead atoms. The molecule has 0 aromatic heterocycles. The number of rotatable bonds is 4. The number of nitriles is 1. The van der Waals surface area contributed by atoms with Gasteiger partial charge in [-0.2, -0.15) is 5.26 Å². The lowest BCUT2D eigenvalue weighted by Crippen LogP contribution is -2.42. The van der Waals surface area contributed by atoms with Crippen molar-refractivity contribution in [2.45, 2.75) is 24.8 Å². The minimum atomic E-state index is -0.816. The zero-order chi connectivity index (χ0) is 17.0. The van der Waals surface area contributed by atoms with Gasteiger partial charge in [0.15, 0.2) is 0 Å². The van der Waals surface area contributed by atoms with Crippen molar-refractivity contribution in [1.29, 1.82) is 5.26 Å². The van der Waals surface area contributed by atoms with Crippen molar-refractivity contribution in [3.8, 4) is 11.8 Å². The summed E-state index contributed by atoms with van der Waals surface area (Å²) in [4.78, 5) is 2.32. The number of piperidine rings is 1. The summed E-state index contributed by atoms with van der Waals surface area (Å²) in [6, 6.07) is 17.4. The van der Waals surface area contributed by atoms with E-state index in [2.05, 4.69) is 23.1 Å². The first-order valence-electron chi connectivity index (χ1n) is 8.19. The van der Waals surface area contributed by atoms with Crippen LogP contribution in [-0.2, 0) is 12.0 Å². The molecule has 0 saturated carbocycles. The largest absolute Gasteiger partial charge is 0.496 e. The van der Waals surface area contributed by atoms with Crippen LogP contribution in [0.5, 0.6) is 5.75 Å². The second kappa shape index (κ2) is 7.02. The maximum absolute atomic E-state index is 14.5. The van der Waals surface area contributed by atoms with Crippen LogP contribution in [0.3, 0.4) is 0 Å². The number of hydrogen-bond acceptors (Lipinski definition) is 3. The number of benzene rings is 2. The Morgan fingerprint density at radius 3 is 2.46 bits per heavy atom. The van der Waals surface area contributed by atoms with E-state index in [9.17, 15) is 9.65 Å². The Bertz CT molecular complexity index is 731. The van der Waals surface area contributed by atoms with Gasteiger partial charge in [-0.1, -0.05) is 36.4 Å². The molecule has 1 aliphatic rings. The molecule has 0 radical (unpaired) electrons. The highest BCUT2D eigenvalue weighted by molar-refractivity contribution is 5.45. The van der Waals surface area contributed by atoms with Crippen LogP contribution in [-0.4, -0.2) is 25.1 Å². The fraction of sp³-hybridized carbons (Fsp3) is 0.350. The van der Waals surface area contributed by atoms with Crippen LogP contribution in [0.1, 0.15) is 24.0 Å². The highest BCUT2D eigenvalue weighted by Gasteiger charge is 2.40. The lowest BCUT2D eigenvalue weighted by Gasteiger charge is -2.38. The molecule has 0 unspecified atom stereocenters. The average molecular weight is 324 g/mol. The third-order valence-corrected chi connectivity index (χ3v) is 4.85. The summed E-state index contributed by atoms with van der Waals surface area (Å²) in [5, 5.41) is 9.82. The minimum absolute atomic E-state index is 0.354. The van der Waals surface area contributed by atoms with Crippen molar-refractivity contribution in [3.05, 3.63) is 65.5 Å². The van der Waals surface area contributed by atoms with Gasteiger partial charge in [0, 0.05) is 19.6 Å². The van der Waals surface area contributed by atoms with Crippen LogP contribution in [0.15, 0.2) is 48.5 Å². The van der Waals surface area contributed by atoms with Gasteiger partial charge < -0.3 is 4.74 Å². The lowest BCUT2D eigenvalue weighted by molar-refractivity contribution is 0.175. The van der Waals surface area contributed by atoms with Crippen molar-refractivity contribution in [3.63, 3.8) is 0 Å². The fourth-order valence-corrected chi connectivity index (χ4v) is 3.49. The summed E-state index contributed by atoms with van der Waals surface area (Å²) in [6.07, 6.45) is 1.21. The van der Waals surface area contributed by atoms with Gasteiger partial charge in [0.25, 0.3) is 0 Å². The first-order chi connectivity index (χ1) is 11.7. The Hall–Kier alpha value is -2.38. The van der Waals surface area contributed by atoms with Gasteiger partial charge in [0.2, 0.25) is 0 Å². The Labute approximate surface area is 142 Å². The Kier molecular flexibility index (Phi) is 4.82. The molecule has 1 aliphatic heterocycles. The van der Waals surface area contributed by atoms with Crippen molar-refractivity contribution < 1.29 is 9.13 Å². The molecule has 1 heterocycles. The van der Waals surface area contributed by atoms with Gasteiger partial charge in [-0.25, -0.2) is 4.39 Å². The number of nitrogens with zero attached hydrogens (tertiary/aromatic N) is 2. The number of hydrogen-bond donors (Lipinski definition) is 0. The van der Waals surface area contributed by atoms with Crippen LogP contribution in [0, 0.1) is 17.1 Å². The van der Waals surface area contributed by atoms with Gasteiger partial charge in [-0.05, 0) is 30.5 Å². The normalized spacial score (nSPS) is 17.2. The topological polar surface area (TPSA) is 36.3 Å². The van der Waals surface area contributed by atoms with Crippen LogP contribution in [0.25, 0.3) is 0 Å². The summed E-state index contributed by atoms with van der Waals surface area (Å²) < 4.78 is 19.8. The Balaban J connectivity index is 1.79. The second-order valence-corrected chi connectivity index (χ2v) is 6.27. The number of halogens is 1. The predicted molar refractivity (Wildman–Crippen MR) is 91.2 cm³/mol. The summed E-state index contributed by atoms with van der Waals surface area (Å²) in [5.74, 6) is 0.112. The summed E-state index contributed by atoms with van der Waals surface area (Å²) in [5.41, 5.74) is 0.851. The molecule has 2 aromatic rings. The van der Waals surface area contributed by atoms with Gasteiger partial charge in [-0.3, -0.25) is 4.90 Å². The maximum Gasteiger partial charge on any atom is 0.131 e. The highest BCUT2D eigenvalue weighted by Crippen LogP contribution is 2.41. The van der Waals surface area contributed by atoms with Gasteiger partial charge in [0.05, 0.1) is 24.2 Å². The molecular formula is C20H21FN2O. The summed E-state index contributed by atoms with van der Waals surface area (Å²) in [7, 11) is 1.52. The average Bonchev–Trinajstić information content (AvgIpc) is 2.63. The quantitative estimate of drug-likeness (QED) is 0.856. The first-order valence-corrected chi connectivity index (χ1v) is 8.19. The standard InChI is InChI=1S/C20H21FN2O/c1-24-18-9-5-8-17(21)19(18)20(15-22)10-12-23(13-11-20)14-16-6-3-2-4-7-16/h2-9H,10-14H2,1H3.